The molecule has 0 saturated heterocycles. The van der Waals surface area contributed by atoms with E-state index in [1.165, 1.54) is 0 Å². The van der Waals surface area contributed by atoms with Crippen LogP contribution in [0.5, 0.6) is 0 Å². The number of carbonyl (C=O) groups is 2. The van der Waals surface area contributed by atoms with Crippen LogP contribution in [0.2, 0.25) is 0 Å². The lowest BCUT2D eigenvalue weighted by Gasteiger charge is -2.30. The van der Waals surface area contributed by atoms with Crippen molar-refractivity contribution in [1.82, 2.24) is 4.98 Å². The largest absolute Gasteiger partial charge is 0.361 e. The molecule has 1 aromatic heterocycles. The monoisotopic (exact) mass is 332 g/mol. The van der Waals surface area contributed by atoms with Crippen LogP contribution in [0.15, 0.2) is 48.7 Å². The van der Waals surface area contributed by atoms with E-state index < -0.39 is 0 Å². The number of H-pyrrole nitrogens is 1. The summed E-state index contributed by atoms with van der Waals surface area (Å²) in [5, 5.41) is 1.10. The Morgan fingerprint density at radius 1 is 1.16 bits per heavy atom. The summed E-state index contributed by atoms with van der Waals surface area (Å²) >= 11 is 0. The standard InChI is InChI=1S/C21H20N2O2/c1-14(24)15-8-9-20-16(11-15)5-4-10-23(20)21(25)12-17-13-22-19-7-3-2-6-18(17)19/h2-3,6-9,11,13,22H,4-5,10,12H2,1H3. The second kappa shape index (κ2) is 6.20. The highest BCUT2D eigenvalue weighted by Crippen LogP contribution is 2.29. The van der Waals surface area contributed by atoms with Crippen LogP contribution < -0.4 is 4.90 Å². The van der Waals surface area contributed by atoms with Gasteiger partial charge in [-0.2, -0.15) is 0 Å². The molecule has 1 aliphatic rings. The van der Waals surface area contributed by atoms with Crippen molar-refractivity contribution in [2.45, 2.75) is 26.2 Å². The Kier molecular flexibility index (Phi) is 3.88. The molecule has 0 aliphatic carbocycles. The molecule has 4 nitrogen and oxygen atoms in total. The van der Waals surface area contributed by atoms with E-state index in [0.29, 0.717) is 12.0 Å². The maximum atomic E-state index is 12.9. The minimum Gasteiger partial charge on any atom is -0.361 e. The van der Waals surface area contributed by atoms with Gasteiger partial charge in [0.05, 0.1) is 6.42 Å². The number of fused-ring (bicyclic) bond motifs is 2. The highest BCUT2D eigenvalue weighted by molar-refractivity contribution is 6.00. The molecule has 2 aromatic carbocycles. The number of aromatic amines is 1. The van der Waals surface area contributed by atoms with Gasteiger partial charge in [0.25, 0.3) is 0 Å². The number of Topliss-reactive ketones (excluding diaryl/α,β-unsaturated/α-hetero) is 1. The third-order valence-electron chi connectivity index (χ3n) is 4.92. The number of nitrogens with zero attached hydrogens (tertiary/aromatic N) is 1. The first-order valence-corrected chi connectivity index (χ1v) is 8.63. The van der Waals surface area contributed by atoms with Gasteiger partial charge in [0.15, 0.2) is 5.78 Å². The van der Waals surface area contributed by atoms with Crippen LogP contribution in [0.4, 0.5) is 5.69 Å². The second-order valence-corrected chi connectivity index (χ2v) is 6.58. The molecule has 1 amide bonds. The highest BCUT2D eigenvalue weighted by Gasteiger charge is 2.23. The first-order chi connectivity index (χ1) is 12.1. The van der Waals surface area contributed by atoms with E-state index >= 15 is 0 Å². The van der Waals surface area contributed by atoms with Crippen LogP contribution in [0, 0.1) is 0 Å². The number of hydrogen-bond donors (Lipinski definition) is 1. The highest BCUT2D eigenvalue weighted by atomic mass is 16.2. The average Bonchev–Trinajstić information content (AvgIpc) is 3.03. The predicted octanol–water partition coefficient (Wildman–Crippen LogP) is 3.89. The Labute approximate surface area is 146 Å². The number of aromatic nitrogens is 1. The summed E-state index contributed by atoms with van der Waals surface area (Å²) in [6.45, 7) is 2.30. The molecule has 126 valence electrons. The van der Waals surface area contributed by atoms with Crippen LogP contribution in [0.1, 0.15) is 34.8 Å². The number of hydrogen-bond acceptors (Lipinski definition) is 2. The molecule has 1 aliphatic heterocycles. The van der Waals surface area contributed by atoms with E-state index in [1.807, 2.05) is 53.6 Å². The van der Waals surface area contributed by atoms with E-state index in [4.69, 9.17) is 0 Å². The predicted molar refractivity (Wildman–Crippen MR) is 99.1 cm³/mol. The van der Waals surface area contributed by atoms with Crippen molar-refractivity contribution in [3.63, 3.8) is 0 Å². The molecule has 0 saturated carbocycles. The molecule has 0 atom stereocenters. The average molecular weight is 332 g/mol. The first kappa shape index (κ1) is 15.6. The quantitative estimate of drug-likeness (QED) is 0.740. The second-order valence-electron chi connectivity index (χ2n) is 6.58. The summed E-state index contributed by atoms with van der Waals surface area (Å²) in [4.78, 5) is 29.6. The maximum absolute atomic E-state index is 12.9. The summed E-state index contributed by atoms with van der Waals surface area (Å²) in [5.41, 5.74) is 4.82. The molecule has 25 heavy (non-hydrogen) atoms. The zero-order chi connectivity index (χ0) is 17.4. The third-order valence-corrected chi connectivity index (χ3v) is 4.92. The SMILES string of the molecule is CC(=O)c1ccc2c(c1)CCCN2C(=O)Cc1c[nH]c2ccccc12. The number of carbonyl (C=O) groups excluding carboxylic acids is 2. The van der Waals surface area contributed by atoms with Gasteiger partial charge >= 0.3 is 0 Å². The van der Waals surface area contributed by atoms with Gasteiger partial charge in [0, 0.05) is 34.9 Å². The normalized spacial score (nSPS) is 13.7. The number of nitrogens with one attached hydrogen (secondary N) is 1. The van der Waals surface area contributed by atoms with Crippen molar-refractivity contribution >= 4 is 28.3 Å². The molecule has 4 heteroatoms. The lowest BCUT2D eigenvalue weighted by Crippen LogP contribution is -2.36. The van der Waals surface area contributed by atoms with Crippen LogP contribution in [0.3, 0.4) is 0 Å². The molecule has 0 spiro atoms. The van der Waals surface area contributed by atoms with Crippen LogP contribution in [0.25, 0.3) is 10.9 Å². The molecule has 0 bridgehead atoms. The lowest BCUT2D eigenvalue weighted by atomic mass is 9.97. The van der Waals surface area contributed by atoms with E-state index in [-0.39, 0.29) is 11.7 Å². The molecule has 1 N–H and O–H groups in total. The zero-order valence-corrected chi connectivity index (χ0v) is 14.2. The van der Waals surface area contributed by atoms with Gasteiger partial charge in [-0.15, -0.1) is 0 Å². The summed E-state index contributed by atoms with van der Waals surface area (Å²) < 4.78 is 0. The van der Waals surface area contributed by atoms with Crippen molar-refractivity contribution in [3.05, 3.63) is 65.4 Å². The van der Waals surface area contributed by atoms with Gasteiger partial charge in [-0.25, -0.2) is 0 Å². The zero-order valence-electron chi connectivity index (χ0n) is 14.2. The number of ketones is 1. The van der Waals surface area contributed by atoms with E-state index in [1.54, 1.807) is 6.92 Å². The van der Waals surface area contributed by atoms with Crippen LogP contribution in [-0.4, -0.2) is 23.2 Å². The van der Waals surface area contributed by atoms with Crippen LogP contribution >= 0.6 is 0 Å². The number of rotatable bonds is 3. The molecular weight excluding hydrogens is 312 g/mol. The minimum atomic E-state index is 0.0602. The van der Waals surface area contributed by atoms with Crippen molar-refractivity contribution in [2.75, 3.05) is 11.4 Å². The molecule has 3 aromatic rings. The molecule has 0 radical (unpaired) electrons. The van der Waals surface area contributed by atoms with Gasteiger partial charge in [-0.3, -0.25) is 9.59 Å². The molecule has 2 heterocycles. The van der Waals surface area contributed by atoms with Gasteiger partial charge in [0.1, 0.15) is 0 Å². The summed E-state index contributed by atoms with van der Waals surface area (Å²) in [6, 6.07) is 13.7. The Bertz CT molecular complexity index is 971. The number of anilines is 1. The third kappa shape index (κ3) is 2.84. The van der Waals surface area contributed by atoms with Gasteiger partial charge in [0.2, 0.25) is 5.91 Å². The fraction of sp³-hybridized carbons (Fsp3) is 0.238. The summed E-state index contributed by atoms with van der Waals surface area (Å²) in [7, 11) is 0. The van der Waals surface area contributed by atoms with Crippen molar-refractivity contribution < 1.29 is 9.59 Å². The fourth-order valence-corrected chi connectivity index (χ4v) is 3.61. The number of benzene rings is 2. The Morgan fingerprint density at radius 2 is 2.00 bits per heavy atom. The summed E-state index contributed by atoms with van der Waals surface area (Å²) in [6.07, 6.45) is 4.13. The Hall–Kier alpha value is -2.88. The molecular formula is C21H20N2O2. The molecule has 4 rings (SSSR count). The number of aryl methyl sites for hydroxylation is 1. The molecule has 0 unspecified atom stereocenters. The Morgan fingerprint density at radius 3 is 2.84 bits per heavy atom. The Balaban J connectivity index is 1.62. The van der Waals surface area contributed by atoms with Crippen molar-refractivity contribution in [1.29, 1.82) is 0 Å². The van der Waals surface area contributed by atoms with Crippen molar-refractivity contribution in [2.24, 2.45) is 0 Å². The topological polar surface area (TPSA) is 53.2 Å². The fourth-order valence-electron chi connectivity index (χ4n) is 3.61. The number of para-hydroxylation sites is 1. The number of amides is 1. The van der Waals surface area contributed by atoms with Gasteiger partial charge < -0.3 is 9.88 Å². The van der Waals surface area contributed by atoms with E-state index in [0.717, 1.165) is 47.1 Å². The van der Waals surface area contributed by atoms with Gasteiger partial charge in [-0.05, 0) is 55.2 Å². The smallest absolute Gasteiger partial charge is 0.231 e. The summed E-state index contributed by atoms with van der Waals surface area (Å²) in [5.74, 6) is 0.159. The van der Waals surface area contributed by atoms with Gasteiger partial charge in [-0.1, -0.05) is 18.2 Å². The maximum Gasteiger partial charge on any atom is 0.231 e. The lowest BCUT2D eigenvalue weighted by molar-refractivity contribution is -0.118. The van der Waals surface area contributed by atoms with E-state index in [2.05, 4.69) is 4.98 Å². The molecule has 0 fully saturated rings. The minimum absolute atomic E-state index is 0.0602. The van der Waals surface area contributed by atoms with E-state index in [9.17, 15) is 9.59 Å². The van der Waals surface area contributed by atoms with Crippen LogP contribution in [-0.2, 0) is 17.6 Å². The first-order valence-electron chi connectivity index (χ1n) is 8.63. The van der Waals surface area contributed by atoms with Crippen molar-refractivity contribution in [3.8, 4) is 0 Å².